The monoisotopic (exact) mass is 714 g/mol. The number of carboxylic acid groups (broad SMARTS) is 1. The van der Waals surface area contributed by atoms with Crippen molar-refractivity contribution in [2.75, 3.05) is 13.1 Å². The van der Waals surface area contributed by atoms with Gasteiger partial charge in [0, 0.05) is 51.3 Å². The second-order valence-corrected chi connectivity index (χ2v) is 14.0. The van der Waals surface area contributed by atoms with Crippen molar-refractivity contribution in [2.45, 2.75) is 57.4 Å². The van der Waals surface area contributed by atoms with Gasteiger partial charge in [-0.15, -0.1) is 11.3 Å². The van der Waals surface area contributed by atoms with Crippen LogP contribution >= 0.6 is 22.9 Å². The SMILES string of the molecule is N#CC1(Cn2ccc3cc(Cl)cc(-c4ccnc5cc(CN6C(=O)CC(NC(=O)C7CC7)C6=O)sc45)c32)CCNCC1.O=C(O)C(F)(F)F. The summed E-state index contributed by atoms with van der Waals surface area (Å²) < 4.78 is 34.8. The highest BCUT2D eigenvalue weighted by Crippen LogP contribution is 2.41. The van der Waals surface area contributed by atoms with Gasteiger partial charge in [-0.25, -0.2) is 4.79 Å². The van der Waals surface area contributed by atoms with Crippen molar-refractivity contribution in [3.8, 4) is 17.2 Å². The third-order valence-electron chi connectivity index (χ3n) is 8.91. The fourth-order valence-corrected chi connectivity index (χ4v) is 7.57. The zero-order valence-corrected chi connectivity index (χ0v) is 27.4. The maximum absolute atomic E-state index is 13.0. The minimum absolute atomic E-state index is 0.0105. The van der Waals surface area contributed by atoms with Crippen molar-refractivity contribution in [1.82, 2.24) is 25.1 Å². The number of aliphatic carboxylic acids is 1. The van der Waals surface area contributed by atoms with E-state index < -0.39 is 23.6 Å². The van der Waals surface area contributed by atoms with Crippen LogP contribution < -0.4 is 10.6 Å². The van der Waals surface area contributed by atoms with Crippen molar-refractivity contribution in [1.29, 1.82) is 5.26 Å². The highest BCUT2D eigenvalue weighted by Gasteiger charge is 2.42. The number of carboxylic acids is 1. The molecule has 2 aliphatic heterocycles. The topological polar surface area (TPSA) is 157 Å². The van der Waals surface area contributed by atoms with Gasteiger partial charge in [-0.05, 0) is 69.1 Å². The number of alkyl halides is 3. The van der Waals surface area contributed by atoms with Crippen LogP contribution in [0, 0.1) is 22.7 Å². The Labute approximate surface area is 286 Å². The number of imide groups is 1. The van der Waals surface area contributed by atoms with E-state index in [4.69, 9.17) is 21.5 Å². The van der Waals surface area contributed by atoms with Gasteiger partial charge in [0.2, 0.25) is 11.8 Å². The molecule has 11 nitrogen and oxygen atoms in total. The number of carbonyl (C=O) groups is 4. The van der Waals surface area contributed by atoms with Crippen LogP contribution in [0.2, 0.25) is 5.02 Å². The fourth-order valence-electron chi connectivity index (χ4n) is 6.22. The van der Waals surface area contributed by atoms with E-state index in [1.54, 1.807) is 6.20 Å². The number of thiophene rings is 1. The highest BCUT2D eigenvalue weighted by molar-refractivity contribution is 7.19. The Bertz CT molecular complexity index is 2010. The van der Waals surface area contributed by atoms with Gasteiger partial charge in [0.05, 0.1) is 40.2 Å². The van der Waals surface area contributed by atoms with E-state index in [0.717, 1.165) is 75.9 Å². The van der Waals surface area contributed by atoms with E-state index in [2.05, 4.69) is 26.3 Å². The Morgan fingerprint density at radius 1 is 1.16 bits per heavy atom. The van der Waals surface area contributed by atoms with Crippen LogP contribution in [0.5, 0.6) is 0 Å². The number of hydrogen-bond acceptors (Lipinski definition) is 8. The highest BCUT2D eigenvalue weighted by atomic mass is 35.5. The molecule has 0 radical (unpaired) electrons. The summed E-state index contributed by atoms with van der Waals surface area (Å²) in [6.45, 7) is 2.37. The molecule has 3 amide bonds. The van der Waals surface area contributed by atoms with Gasteiger partial charge in [-0.1, -0.05) is 11.6 Å². The molecule has 1 aliphatic carbocycles. The van der Waals surface area contributed by atoms with Gasteiger partial charge in [0.25, 0.3) is 5.91 Å². The Hall–Kier alpha value is -4.52. The maximum atomic E-state index is 13.0. The quantitative estimate of drug-likeness (QED) is 0.219. The Balaban J connectivity index is 0.000000540. The average Bonchev–Trinajstić information content (AvgIpc) is 3.65. The number of benzene rings is 1. The maximum Gasteiger partial charge on any atom is 0.490 e. The lowest BCUT2D eigenvalue weighted by Crippen LogP contribution is -2.42. The molecule has 3 N–H and O–H groups in total. The largest absolute Gasteiger partial charge is 0.490 e. The van der Waals surface area contributed by atoms with Gasteiger partial charge in [-0.2, -0.15) is 18.4 Å². The predicted molar refractivity (Wildman–Crippen MR) is 174 cm³/mol. The first kappa shape index (κ1) is 34.3. The van der Waals surface area contributed by atoms with Crippen LogP contribution in [-0.4, -0.2) is 68.6 Å². The fraction of sp³-hybridized carbons (Fsp3) is 0.394. The average molecular weight is 715 g/mol. The summed E-state index contributed by atoms with van der Waals surface area (Å²) >= 11 is 8.10. The van der Waals surface area contributed by atoms with Gasteiger partial charge in [-0.3, -0.25) is 24.3 Å². The van der Waals surface area contributed by atoms with Crippen molar-refractivity contribution >= 4 is 67.7 Å². The third kappa shape index (κ3) is 7.26. The van der Waals surface area contributed by atoms with E-state index in [0.29, 0.717) is 11.6 Å². The number of pyridine rings is 1. The zero-order valence-electron chi connectivity index (χ0n) is 25.8. The smallest absolute Gasteiger partial charge is 0.475 e. The number of rotatable bonds is 7. The van der Waals surface area contributed by atoms with Crippen molar-refractivity contribution in [2.24, 2.45) is 11.3 Å². The molecule has 3 fully saturated rings. The van der Waals surface area contributed by atoms with Crippen molar-refractivity contribution in [3.63, 3.8) is 0 Å². The number of fused-ring (bicyclic) bond motifs is 2. The molecule has 0 spiro atoms. The minimum Gasteiger partial charge on any atom is -0.475 e. The molecule has 4 aromatic rings. The molecule has 2 saturated heterocycles. The first-order chi connectivity index (χ1) is 23.3. The number of hydrogen-bond donors (Lipinski definition) is 3. The Morgan fingerprint density at radius 3 is 2.53 bits per heavy atom. The number of aromatic nitrogens is 2. The summed E-state index contributed by atoms with van der Waals surface area (Å²) in [5, 5.41) is 25.0. The number of amides is 3. The second-order valence-electron chi connectivity index (χ2n) is 12.4. The normalized spacial score (nSPS) is 19.1. The van der Waals surface area contributed by atoms with Gasteiger partial charge >= 0.3 is 12.1 Å². The van der Waals surface area contributed by atoms with E-state index in [9.17, 15) is 32.8 Å². The molecule has 1 unspecified atom stereocenters. The lowest BCUT2D eigenvalue weighted by Gasteiger charge is -2.32. The van der Waals surface area contributed by atoms with E-state index >= 15 is 0 Å². The molecule has 3 aromatic heterocycles. The number of nitrogens with one attached hydrogen (secondary N) is 2. The third-order valence-corrected chi connectivity index (χ3v) is 10.3. The standard InChI is InChI=1S/C31H29ClN6O3S.C2HF3O2/c32-20-11-19-4-10-37(17-31(16-33)5-8-34-9-6-31)27(19)23(12-20)22-3-7-35-24-13-21(42-28(22)24)15-38-26(39)14-25(30(38)41)36-29(40)18-1-2-18;3-2(4,5)1(6)7/h3-4,7,10-13,18,25,34H,1-2,5-6,8-9,14-15,17H2,(H,36,40);(H,6,7). The van der Waals surface area contributed by atoms with Crippen LogP contribution in [0.3, 0.4) is 0 Å². The molecule has 1 saturated carbocycles. The van der Waals surface area contributed by atoms with Crippen LogP contribution in [0.1, 0.15) is 37.0 Å². The summed E-state index contributed by atoms with van der Waals surface area (Å²) in [6.07, 6.45) is 1.95. The predicted octanol–water partition coefficient (Wildman–Crippen LogP) is 5.25. The molecular weight excluding hydrogens is 685 g/mol. The molecule has 7 rings (SSSR count). The summed E-state index contributed by atoms with van der Waals surface area (Å²) in [5.41, 5.74) is 3.23. The summed E-state index contributed by atoms with van der Waals surface area (Å²) in [6, 6.07) is 11.6. The van der Waals surface area contributed by atoms with Gasteiger partial charge in [0.15, 0.2) is 0 Å². The molecule has 0 bridgehead atoms. The lowest BCUT2D eigenvalue weighted by atomic mass is 9.80. The summed E-state index contributed by atoms with van der Waals surface area (Å²) in [7, 11) is 0. The molecule has 49 heavy (non-hydrogen) atoms. The lowest BCUT2D eigenvalue weighted by molar-refractivity contribution is -0.192. The number of carbonyl (C=O) groups excluding carboxylic acids is 3. The second kappa shape index (κ2) is 13.4. The molecule has 256 valence electrons. The Kier molecular flexibility index (Phi) is 9.40. The van der Waals surface area contributed by atoms with Crippen LogP contribution in [0.4, 0.5) is 13.2 Å². The molecule has 1 aromatic carbocycles. The first-order valence-corrected chi connectivity index (χ1v) is 16.7. The summed E-state index contributed by atoms with van der Waals surface area (Å²) in [5.74, 6) is -3.58. The first-order valence-electron chi connectivity index (χ1n) is 15.5. The van der Waals surface area contributed by atoms with Gasteiger partial charge < -0.3 is 20.3 Å². The van der Waals surface area contributed by atoms with Crippen LogP contribution in [-0.2, 0) is 32.3 Å². The van der Waals surface area contributed by atoms with E-state index in [1.165, 1.54) is 16.2 Å². The van der Waals surface area contributed by atoms with E-state index in [-0.39, 0.29) is 36.6 Å². The minimum atomic E-state index is -5.08. The number of piperidine rings is 1. The van der Waals surface area contributed by atoms with Crippen LogP contribution in [0.15, 0.2) is 42.7 Å². The van der Waals surface area contributed by atoms with E-state index in [1.807, 2.05) is 36.5 Å². The number of halogens is 4. The Morgan fingerprint density at radius 2 is 1.88 bits per heavy atom. The van der Waals surface area contributed by atoms with Crippen molar-refractivity contribution < 1.29 is 37.5 Å². The number of nitriles is 1. The molecule has 3 aliphatic rings. The van der Waals surface area contributed by atoms with Crippen LogP contribution in [0.25, 0.3) is 32.2 Å². The summed E-state index contributed by atoms with van der Waals surface area (Å²) in [4.78, 5) is 53.6. The molecule has 1 atom stereocenters. The van der Waals surface area contributed by atoms with Gasteiger partial charge in [0.1, 0.15) is 6.04 Å². The zero-order chi connectivity index (χ0) is 35.1. The molecule has 16 heteroatoms. The molecule has 5 heterocycles. The molecular formula is C33H30ClF3N6O5S. The number of likely N-dealkylation sites (tertiary alicyclic amines) is 1. The number of nitrogens with zero attached hydrogens (tertiary/aromatic N) is 4. The van der Waals surface area contributed by atoms with Crippen molar-refractivity contribution in [3.05, 3.63) is 52.6 Å².